The smallest absolute Gasteiger partial charge is 0.137 e. The minimum Gasteiger partial charge on any atom is -0.305 e. The molecule has 0 bridgehead atoms. The molecule has 96 valence electrons. The van der Waals surface area contributed by atoms with Gasteiger partial charge in [0.25, 0.3) is 0 Å². The highest BCUT2D eigenvalue weighted by Gasteiger charge is 2.04. The molecular weight excluding hydrogens is 367 g/mol. The number of thioether (sulfide) groups is 1. The Bertz CT molecular complexity index is 704. The fraction of sp³-hybridized carbons (Fsp3) is 0.133. The molecule has 3 aromatic rings. The molecule has 0 atom stereocenters. The first-order valence-corrected chi connectivity index (χ1v) is 8.20. The van der Waals surface area contributed by atoms with Gasteiger partial charge in [0.1, 0.15) is 5.65 Å². The van der Waals surface area contributed by atoms with Crippen LogP contribution in [0, 0.1) is 3.57 Å². The van der Waals surface area contributed by atoms with Crippen molar-refractivity contribution < 1.29 is 0 Å². The van der Waals surface area contributed by atoms with Crippen LogP contribution in [0.2, 0.25) is 0 Å². The molecule has 0 N–H and O–H groups in total. The first-order valence-electron chi connectivity index (χ1n) is 6.14. The molecule has 0 unspecified atom stereocenters. The molecule has 0 spiro atoms. The van der Waals surface area contributed by atoms with Crippen LogP contribution in [0.25, 0.3) is 16.9 Å². The van der Waals surface area contributed by atoms with Crippen LogP contribution >= 0.6 is 34.4 Å². The lowest BCUT2D eigenvalue weighted by atomic mass is 10.2. The van der Waals surface area contributed by atoms with Gasteiger partial charge in [0, 0.05) is 26.4 Å². The van der Waals surface area contributed by atoms with Crippen LogP contribution in [-0.2, 0) is 0 Å². The van der Waals surface area contributed by atoms with Crippen LogP contribution < -0.4 is 0 Å². The molecule has 0 aliphatic heterocycles. The lowest BCUT2D eigenvalue weighted by molar-refractivity contribution is 1.13. The fourth-order valence-electron chi connectivity index (χ4n) is 1.98. The standard InChI is InChI=1S/C15H13IN2S/c1-2-19-13-7-8-15-17-14(10-18(15)9-13)11-3-5-12(16)6-4-11/h3-10H,2H2,1H3. The van der Waals surface area contributed by atoms with E-state index in [1.165, 1.54) is 8.47 Å². The van der Waals surface area contributed by atoms with Crippen molar-refractivity contribution in [1.82, 2.24) is 9.38 Å². The zero-order valence-electron chi connectivity index (χ0n) is 10.5. The summed E-state index contributed by atoms with van der Waals surface area (Å²) in [6.45, 7) is 2.17. The Balaban J connectivity index is 2.03. The Morgan fingerprint density at radius 1 is 1.11 bits per heavy atom. The number of nitrogens with zero attached hydrogens (tertiary/aromatic N) is 2. The number of imidazole rings is 1. The van der Waals surface area contributed by atoms with Gasteiger partial charge < -0.3 is 4.40 Å². The SMILES string of the molecule is CCSc1ccc2nc(-c3ccc(I)cc3)cn2c1. The molecule has 3 rings (SSSR count). The van der Waals surface area contributed by atoms with Gasteiger partial charge in [-0.15, -0.1) is 11.8 Å². The molecule has 0 fully saturated rings. The topological polar surface area (TPSA) is 17.3 Å². The number of halogens is 1. The van der Waals surface area contributed by atoms with Crippen LogP contribution in [0.4, 0.5) is 0 Å². The van der Waals surface area contributed by atoms with E-state index in [0.29, 0.717) is 0 Å². The van der Waals surface area contributed by atoms with Gasteiger partial charge >= 0.3 is 0 Å². The maximum absolute atomic E-state index is 4.67. The second-order valence-electron chi connectivity index (χ2n) is 4.20. The van der Waals surface area contributed by atoms with Crippen LogP contribution in [0.1, 0.15) is 6.92 Å². The molecule has 0 saturated heterocycles. The average molecular weight is 380 g/mol. The third kappa shape index (κ3) is 2.79. The molecule has 2 aromatic heterocycles. The highest BCUT2D eigenvalue weighted by Crippen LogP contribution is 2.23. The Morgan fingerprint density at radius 3 is 2.63 bits per heavy atom. The van der Waals surface area contributed by atoms with Crippen molar-refractivity contribution in [3.63, 3.8) is 0 Å². The molecule has 1 aromatic carbocycles. The van der Waals surface area contributed by atoms with Gasteiger partial charge in [0.15, 0.2) is 0 Å². The van der Waals surface area contributed by atoms with Crippen molar-refractivity contribution in [3.05, 3.63) is 52.4 Å². The monoisotopic (exact) mass is 380 g/mol. The van der Waals surface area contributed by atoms with Crippen molar-refractivity contribution >= 4 is 40.0 Å². The van der Waals surface area contributed by atoms with Gasteiger partial charge in [-0.1, -0.05) is 19.1 Å². The van der Waals surface area contributed by atoms with E-state index in [0.717, 1.165) is 22.7 Å². The van der Waals surface area contributed by atoms with E-state index in [1.807, 2.05) is 11.8 Å². The summed E-state index contributed by atoms with van der Waals surface area (Å²) in [5.74, 6) is 1.09. The maximum Gasteiger partial charge on any atom is 0.137 e. The zero-order valence-corrected chi connectivity index (χ0v) is 13.5. The molecular formula is C15H13IN2S. The summed E-state index contributed by atoms with van der Waals surface area (Å²) >= 11 is 4.16. The third-order valence-electron chi connectivity index (χ3n) is 2.87. The summed E-state index contributed by atoms with van der Waals surface area (Å²) < 4.78 is 3.34. The van der Waals surface area contributed by atoms with Crippen LogP contribution in [0.5, 0.6) is 0 Å². The van der Waals surface area contributed by atoms with E-state index in [-0.39, 0.29) is 0 Å². The number of rotatable bonds is 3. The first kappa shape index (κ1) is 13.0. The molecule has 0 radical (unpaired) electrons. The number of pyridine rings is 1. The molecule has 2 heterocycles. The van der Waals surface area contributed by atoms with Crippen LogP contribution in [-0.4, -0.2) is 15.1 Å². The zero-order chi connectivity index (χ0) is 13.2. The van der Waals surface area contributed by atoms with Crippen molar-refractivity contribution in [2.24, 2.45) is 0 Å². The number of hydrogen-bond acceptors (Lipinski definition) is 2. The van der Waals surface area contributed by atoms with Crippen LogP contribution in [0.15, 0.2) is 53.7 Å². The summed E-state index contributed by atoms with van der Waals surface area (Å²) in [4.78, 5) is 5.94. The van der Waals surface area contributed by atoms with E-state index in [9.17, 15) is 0 Å². The van der Waals surface area contributed by atoms with Crippen LogP contribution in [0.3, 0.4) is 0 Å². The molecule has 19 heavy (non-hydrogen) atoms. The van der Waals surface area contributed by atoms with Crippen molar-refractivity contribution in [2.45, 2.75) is 11.8 Å². The van der Waals surface area contributed by atoms with Crippen molar-refractivity contribution in [2.75, 3.05) is 5.75 Å². The quantitative estimate of drug-likeness (QED) is 0.483. The molecule has 2 nitrogen and oxygen atoms in total. The van der Waals surface area contributed by atoms with Gasteiger partial charge in [-0.25, -0.2) is 4.98 Å². The Kier molecular flexibility index (Phi) is 3.79. The third-order valence-corrected chi connectivity index (χ3v) is 4.46. The van der Waals surface area contributed by atoms with Gasteiger partial charge in [-0.3, -0.25) is 0 Å². The molecule has 4 heteroatoms. The van der Waals surface area contributed by atoms with Crippen molar-refractivity contribution in [3.8, 4) is 11.3 Å². The van der Waals surface area contributed by atoms with E-state index in [1.54, 1.807) is 0 Å². The minimum atomic E-state index is 0.994. The Labute approximate surface area is 130 Å². The van der Waals surface area contributed by atoms with E-state index >= 15 is 0 Å². The Morgan fingerprint density at radius 2 is 1.89 bits per heavy atom. The van der Waals surface area contributed by atoms with Crippen molar-refractivity contribution in [1.29, 1.82) is 0 Å². The lowest BCUT2D eigenvalue weighted by Gasteiger charge is -1.98. The number of fused-ring (bicyclic) bond motifs is 1. The van der Waals surface area contributed by atoms with Gasteiger partial charge in [0.2, 0.25) is 0 Å². The molecule has 0 saturated carbocycles. The summed E-state index contributed by atoms with van der Waals surface area (Å²) in [5.41, 5.74) is 3.18. The summed E-state index contributed by atoms with van der Waals surface area (Å²) in [6.07, 6.45) is 4.24. The molecule has 0 aliphatic carbocycles. The highest BCUT2D eigenvalue weighted by molar-refractivity contribution is 14.1. The average Bonchev–Trinajstić information content (AvgIpc) is 2.83. The molecule has 0 amide bonds. The minimum absolute atomic E-state index is 0.994. The normalized spacial score (nSPS) is 11.1. The summed E-state index contributed by atoms with van der Waals surface area (Å²) in [6, 6.07) is 12.7. The Hall–Kier alpha value is -1.01. The number of benzene rings is 1. The first-order chi connectivity index (χ1) is 9.26. The van der Waals surface area contributed by atoms with E-state index < -0.39 is 0 Å². The van der Waals surface area contributed by atoms with Gasteiger partial charge in [0.05, 0.1) is 5.69 Å². The predicted molar refractivity (Wildman–Crippen MR) is 89.7 cm³/mol. The summed E-state index contributed by atoms with van der Waals surface area (Å²) in [5, 5.41) is 0. The summed E-state index contributed by atoms with van der Waals surface area (Å²) in [7, 11) is 0. The number of aromatic nitrogens is 2. The predicted octanol–water partition coefficient (Wildman–Crippen LogP) is 4.72. The van der Waals surface area contributed by atoms with Gasteiger partial charge in [-0.2, -0.15) is 0 Å². The second kappa shape index (κ2) is 5.54. The lowest BCUT2D eigenvalue weighted by Crippen LogP contribution is -1.83. The second-order valence-corrected chi connectivity index (χ2v) is 6.78. The molecule has 0 aliphatic rings. The van der Waals surface area contributed by atoms with E-state index in [4.69, 9.17) is 0 Å². The maximum atomic E-state index is 4.67. The van der Waals surface area contributed by atoms with Gasteiger partial charge in [-0.05, 0) is 52.6 Å². The largest absolute Gasteiger partial charge is 0.305 e. The fourth-order valence-corrected chi connectivity index (χ4v) is 3.03. The number of hydrogen-bond donors (Lipinski definition) is 0. The van der Waals surface area contributed by atoms with E-state index in [2.05, 4.69) is 87.7 Å². The highest BCUT2D eigenvalue weighted by atomic mass is 127.